The van der Waals surface area contributed by atoms with E-state index in [9.17, 15) is 0 Å². The molecule has 0 bridgehead atoms. The van der Waals surface area contributed by atoms with Crippen LogP contribution in [-0.2, 0) is 0 Å². The average Bonchev–Trinajstić information content (AvgIpc) is 2.83. The van der Waals surface area contributed by atoms with Crippen LogP contribution in [0.25, 0.3) is 0 Å². The van der Waals surface area contributed by atoms with Crippen LogP contribution < -0.4 is 5.32 Å². The van der Waals surface area contributed by atoms with Crippen LogP contribution in [0.1, 0.15) is 40.5 Å². The van der Waals surface area contributed by atoms with Gasteiger partial charge in [-0.05, 0) is 53.1 Å². The number of nitrogens with one attached hydrogen (secondary N) is 1. The Morgan fingerprint density at radius 3 is 2.43 bits per heavy atom. The summed E-state index contributed by atoms with van der Waals surface area (Å²) in [6.07, 6.45) is 2.88. The van der Waals surface area contributed by atoms with Crippen LogP contribution in [0.5, 0.6) is 0 Å². The topological polar surface area (TPSA) is 15.3 Å². The standard InChI is InChI=1S/C12H26N2/c1-6-13-12(3,4)9-14(5)10(2)11-7-8-11/h10-11,13H,6-9H2,1-5H3. The largest absolute Gasteiger partial charge is 0.311 e. The van der Waals surface area contributed by atoms with Crippen molar-refractivity contribution < 1.29 is 0 Å². The van der Waals surface area contributed by atoms with Crippen LogP contribution >= 0.6 is 0 Å². The van der Waals surface area contributed by atoms with Gasteiger partial charge in [0.25, 0.3) is 0 Å². The molecule has 2 heteroatoms. The summed E-state index contributed by atoms with van der Waals surface area (Å²) in [5.41, 5.74) is 0.243. The maximum atomic E-state index is 3.53. The molecule has 1 aliphatic rings. The number of hydrogen-bond donors (Lipinski definition) is 1. The predicted octanol–water partition coefficient (Wildman–Crippen LogP) is 2.10. The molecule has 0 spiro atoms. The van der Waals surface area contributed by atoms with Gasteiger partial charge >= 0.3 is 0 Å². The van der Waals surface area contributed by atoms with E-state index in [1.807, 2.05) is 0 Å². The van der Waals surface area contributed by atoms with Gasteiger partial charge in [0.1, 0.15) is 0 Å². The fraction of sp³-hybridized carbons (Fsp3) is 1.00. The van der Waals surface area contributed by atoms with Crippen molar-refractivity contribution in [2.24, 2.45) is 5.92 Å². The minimum absolute atomic E-state index is 0.243. The summed E-state index contributed by atoms with van der Waals surface area (Å²) in [6.45, 7) is 11.3. The first kappa shape index (κ1) is 12.0. The molecular formula is C12H26N2. The van der Waals surface area contributed by atoms with Crippen LogP contribution in [0, 0.1) is 5.92 Å². The maximum absolute atomic E-state index is 3.53. The van der Waals surface area contributed by atoms with Crippen LogP contribution in [-0.4, -0.2) is 36.6 Å². The summed E-state index contributed by atoms with van der Waals surface area (Å²) in [7, 11) is 2.25. The molecule has 0 radical (unpaired) electrons. The van der Waals surface area contributed by atoms with E-state index in [0.29, 0.717) is 0 Å². The molecule has 1 N–H and O–H groups in total. The fourth-order valence-corrected chi connectivity index (χ4v) is 2.24. The van der Waals surface area contributed by atoms with Gasteiger partial charge in [-0.25, -0.2) is 0 Å². The Balaban J connectivity index is 2.33. The van der Waals surface area contributed by atoms with E-state index in [4.69, 9.17) is 0 Å². The third-order valence-electron chi connectivity index (χ3n) is 3.30. The quantitative estimate of drug-likeness (QED) is 0.703. The van der Waals surface area contributed by atoms with E-state index in [2.05, 4.69) is 45.0 Å². The molecule has 0 aromatic heterocycles. The van der Waals surface area contributed by atoms with Gasteiger partial charge < -0.3 is 10.2 Å². The van der Waals surface area contributed by atoms with Crippen LogP contribution in [0.4, 0.5) is 0 Å². The molecule has 1 unspecified atom stereocenters. The number of nitrogens with zero attached hydrogens (tertiary/aromatic N) is 1. The van der Waals surface area contributed by atoms with Crippen molar-refractivity contribution in [3.8, 4) is 0 Å². The molecule has 0 amide bonds. The van der Waals surface area contributed by atoms with Crippen LogP contribution in [0.3, 0.4) is 0 Å². The van der Waals surface area contributed by atoms with Gasteiger partial charge in [0.2, 0.25) is 0 Å². The van der Waals surface area contributed by atoms with Crippen molar-refractivity contribution in [2.45, 2.75) is 52.1 Å². The molecule has 14 heavy (non-hydrogen) atoms. The van der Waals surface area contributed by atoms with Gasteiger partial charge in [-0.15, -0.1) is 0 Å². The van der Waals surface area contributed by atoms with E-state index in [-0.39, 0.29) is 5.54 Å². The van der Waals surface area contributed by atoms with Gasteiger partial charge in [0.15, 0.2) is 0 Å². The van der Waals surface area contributed by atoms with E-state index in [1.54, 1.807) is 0 Å². The lowest BCUT2D eigenvalue weighted by Gasteiger charge is -2.34. The minimum Gasteiger partial charge on any atom is -0.311 e. The molecule has 1 aliphatic carbocycles. The predicted molar refractivity (Wildman–Crippen MR) is 62.6 cm³/mol. The Bertz CT molecular complexity index is 173. The Kier molecular flexibility index (Phi) is 3.96. The Labute approximate surface area is 89.1 Å². The summed E-state index contributed by atoms with van der Waals surface area (Å²) < 4.78 is 0. The van der Waals surface area contributed by atoms with Gasteiger partial charge in [-0.1, -0.05) is 6.92 Å². The summed E-state index contributed by atoms with van der Waals surface area (Å²) in [5, 5.41) is 3.53. The molecule has 0 aliphatic heterocycles. The monoisotopic (exact) mass is 198 g/mol. The molecule has 1 rings (SSSR count). The maximum Gasteiger partial charge on any atom is 0.0252 e. The second kappa shape index (κ2) is 4.63. The lowest BCUT2D eigenvalue weighted by atomic mass is 10.0. The first-order valence-corrected chi connectivity index (χ1v) is 5.91. The van der Waals surface area contributed by atoms with Gasteiger partial charge in [-0.2, -0.15) is 0 Å². The van der Waals surface area contributed by atoms with Crippen molar-refractivity contribution in [3.63, 3.8) is 0 Å². The van der Waals surface area contributed by atoms with Crippen LogP contribution in [0.15, 0.2) is 0 Å². The molecule has 1 atom stereocenters. The zero-order valence-corrected chi connectivity index (χ0v) is 10.4. The lowest BCUT2D eigenvalue weighted by molar-refractivity contribution is 0.177. The van der Waals surface area contributed by atoms with Crippen LogP contribution in [0.2, 0.25) is 0 Å². The SMILES string of the molecule is CCNC(C)(C)CN(C)C(C)C1CC1. The summed E-state index contributed by atoms with van der Waals surface area (Å²) in [6, 6.07) is 0.757. The number of hydrogen-bond acceptors (Lipinski definition) is 2. The first-order valence-electron chi connectivity index (χ1n) is 5.91. The van der Waals surface area contributed by atoms with E-state index in [1.165, 1.54) is 12.8 Å². The average molecular weight is 198 g/mol. The van der Waals surface area contributed by atoms with Gasteiger partial charge in [0, 0.05) is 18.1 Å². The highest BCUT2D eigenvalue weighted by Crippen LogP contribution is 2.34. The molecule has 0 aromatic rings. The third kappa shape index (κ3) is 3.58. The second-order valence-electron chi connectivity index (χ2n) is 5.41. The molecule has 1 fully saturated rings. The normalized spacial score (nSPS) is 20.1. The highest BCUT2D eigenvalue weighted by molar-refractivity contribution is 4.88. The first-order chi connectivity index (χ1) is 6.46. The lowest BCUT2D eigenvalue weighted by Crippen LogP contribution is -2.50. The highest BCUT2D eigenvalue weighted by atomic mass is 15.2. The Morgan fingerprint density at radius 1 is 1.43 bits per heavy atom. The van der Waals surface area contributed by atoms with E-state index < -0.39 is 0 Å². The fourth-order valence-electron chi connectivity index (χ4n) is 2.24. The van der Waals surface area contributed by atoms with Gasteiger partial charge in [-0.3, -0.25) is 0 Å². The summed E-state index contributed by atoms with van der Waals surface area (Å²) >= 11 is 0. The van der Waals surface area contributed by atoms with Crippen molar-refractivity contribution in [2.75, 3.05) is 20.1 Å². The summed E-state index contributed by atoms with van der Waals surface area (Å²) in [4.78, 5) is 2.50. The Hall–Kier alpha value is -0.0800. The molecule has 0 heterocycles. The molecule has 84 valence electrons. The van der Waals surface area contributed by atoms with Gasteiger partial charge in [0.05, 0.1) is 0 Å². The zero-order chi connectivity index (χ0) is 10.8. The third-order valence-corrected chi connectivity index (χ3v) is 3.30. The molecule has 0 aromatic carbocycles. The smallest absolute Gasteiger partial charge is 0.0252 e. The molecule has 2 nitrogen and oxygen atoms in total. The van der Waals surface area contributed by atoms with Crippen molar-refractivity contribution >= 4 is 0 Å². The number of likely N-dealkylation sites (N-methyl/N-ethyl adjacent to an activating group) is 2. The second-order valence-corrected chi connectivity index (χ2v) is 5.41. The molecular weight excluding hydrogens is 172 g/mol. The molecule has 1 saturated carbocycles. The van der Waals surface area contributed by atoms with Crippen molar-refractivity contribution in [3.05, 3.63) is 0 Å². The van der Waals surface area contributed by atoms with E-state index >= 15 is 0 Å². The molecule has 0 saturated heterocycles. The van der Waals surface area contributed by atoms with E-state index in [0.717, 1.165) is 25.0 Å². The van der Waals surface area contributed by atoms with Crippen molar-refractivity contribution in [1.29, 1.82) is 0 Å². The minimum atomic E-state index is 0.243. The Morgan fingerprint density at radius 2 is 2.00 bits per heavy atom. The van der Waals surface area contributed by atoms with Crippen molar-refractivity contribution in [1.82, 2.24) is 10.2 Å². The highest BCUT2D eigenvalue weighted by Gasteiger charge is 2.32. The zero-order valence-electron chi connectivity index (χ0n) is 10.4. The summed E-state index contributed by atoms with van der Waals surface area (Å²) in [5.74, 6) is 0.970. The number of rotatable bonds is 6.